The van der Waals surface area contributed by atoms with Gasteiger partial charge in [-0.25, -0.2) is 14.8 Å². The molecule has 1 saturated heterocycles. The van der Waals surface area contributed by atoms with E-state index < -0.39 is 5.97 Å². The topological polar surface area (TPSA) is 81.3 Å². The third kappa shape index (κ3) is 2.71. The van der Waals surface area contributed by atoms with Gasteiger partial charge in [-0.1, -0.05) is 0 Å². The van der Waals surface area contributed by atoms with Gasteiger partial charge < -0.3 is 15.4 Å². The second-order valence-corrected chi connectivity index (χ2v) is 4.08. The molecule has 6 heteroatoms. The van der Waals surface area contributed by atoms with Gasteiger partial charge in [0.1, 0.15) is 5.82 Å². The zero-order chi connectivity index (χ0) is 12.3. The third-order valence-electron chi connectivity index (χ3n) is 2.79. The van der Waals surface area contributed by atoms with Crippen LogP contribution >= 0.6 is 0 Å². The van der Waals surface area contributed by atoms with Crippen molar-refractivity contribution < 1.29 is 9.53 Å². The summed E-state index contributed by atoms with van der Waals surface area (Å²) in [6, 6.07) is 1.95. The summed E-state index contributed by atoms with van der Waals surface area (Å²) >= 11 is 0. The van der Waals surface area contributed by atoms with Crippen LogP contribution in [0.5, 0.6) is 0 Å². The first-order chi connectivity index (χ1) is 8.20. The summed E-state index contributed by atoms with van der Waals surface area (Å²) < 4.78 is 4.59. The molecular weight excluding hydrogens is 220 g/mol. The number of esters is 1. The maximum atomic E-state index is 11.3. The van der Waals surface area contributed by atoms with Crippen LogP contribution in [0.1, 0.15) is 23.5 Å². The van der Waals surface area contributed by atoms with Crippen molar-refractivity contribution in [3.8, 4) is 0 Å². The zero-order valence-electron chi connectivity index (χ0n) is 9.80. The van der Waals surface area contributed by atoms with Crippen LogP contribution in [0.4, 0.5) is 5.82 Å². The molecule has 1 unspecified atom stereocenters. The number of carbonyl (C=O) groups excluding carboxylic acids is 1. The fourth-order valence-corrected chi connectivity index (χ4v) is 1.93. The van der Waals surface area contributed by atoms with Gasteiger partial charge in [-0.05, 0) is 18.9 Å². The first-order valence-corrected chi connectivity index (χ1v) is 5.62. The Kier molecular flexibility index (Phi) is 3.53. The van der Waals surface area contributed by atoms with Gasteiger partial charge in [0, 0.05) is 25.3 Å². The molecule has 1 atom stereocenters. The van der Waals surface area contributed by atoms with Crippen LogP contribution in [-0.4, -0.2) is 42.2 Å². The van der Waals surface area contributed by atoms with Crippen molar-refractivity contribution in [3.05, 3.63) is 18.1 Å². The predicted molar refractivity (Wildman–Crippen MR) is 62.8 cm³/mol. The van der Waals surface area contributed by atoms with Gasteiger partial charge in [0.2, 0.25) is 5.82 Å². The number of aromatic nitrogens is 2. The summed E-state index contributed by atoms with van der Waals surface area (Å²) in [6.07, 6.45) is 3.64. The van der Waals surface area contributed by atoms with E-state index in [0.29, 0.717) is 0 Å². The molecule has 2 rings (SSSR count). The van der Waals surface area contributed by atoms with Crippen LogP contribution in [-0.2, 0) is 4.74 Å². The number of methoxy groups -OCH3 is 1. The first kappa shape index (κ1) is 11.8. The molecule has 1 aromatic heterocycles. The standard InChI is InChI=1S/C11H16N4O2/c1-17-11(16)10-13-5-4-9(14-10)15-6-2-3-8(12)7-15/h4-5,8H,2-3,6-7,12H2,1H3. The number of piperidine rings is 1. The van der Waals surface area contributed by atoms with E-state index in [9.17, 15) is 4.79 Å². The number of hydrogen-bond donors (Lipinski definition) is 1. The van der Waals surface area contributed by atoms with E-state index in [2.05, 4.69) is 19.6 Å². The Morgan fingerprint density at radius 3 is 3.18 bits per heavy atom. The Morgan fingerprint density at radius 2 is 2.47 bits per heavy atom. The lowest BCUT2D eigenvalue weighted by Gasteiger charge is -2.31. The van der Waals surface area contributed by atoms with Crippen molar-refractivity contribution in [2.45, 2.75) is 18.9 Å². The molecule has 0 radical (unpaired) electrons. The maximum absolute atomic E-state index is 11.3. The van der Waals surface area contributed by atoms with E-state index in [1.165, 1.54) is 7.11 Å². The van der Waals surface area contributed by atoms with Gasteiger partial charge in [-0.3, -0.25) is 0 Å². The molecule has 0 amide bonds. The van der Waals surface area contributed by atoms with E-state index in [1.54, 1.807) is 12.3 Å². The molecule has 92 valence electrons. The number of ether oxygens (including phenoxy) is 1. The lowest BCUT2D eigenvalue weighted by atomic mass is 10.1. The van der Waals surface area contributed by atoms with Crippen LogP contribution in [0.15, 0.2) is 12.3 Å². The van der Waals surface area contributed by atoms with Gasteiger partial charge in [0.05, 0.1) is 7.11 Å². The summed E-state index contributed by atoms with van der Waals surface area (Å²) in [5, 5.41) is 0. The molecule has 1 aliphatic rings. The van der Waals surface area contributed by atoms with E-state index >= 15 is 0 Å². The highest BCUT2D eigenvalue weighted by Crippen LogP contribution is 2.16. The van der Waals surface area contributed by atoms with Gasteiger partial charge >= 0.3 is 5.97 Å². The van der Waals surface area contributed by atoms with E-state index in [4.69, 9.17) is 5.73 Å². The largest absolute Gasteiger partial charge is 0.463 e. The van der Waals surface area contributed by atoms with E-state index in [0.717, 1.165) is 31.7 Å². The van der Waals surface area contributed by atoms with Crippen molar-refractivity contribution in [2.75, 3.05) is 25.1 Å². The Hall–Kier alpha value is -1.69. The normalized spacial score (nSPS) is 20.1. The highest BCUT2D eigenvalue weighted by molar-refractivity contribution is 5.85. The van der Waals surface area contributed by atoms with Crippen molar-refractivity contribution in [2.24, 2.45) is 5.73 Å². The number of nitrogens with zero attached hydrogens (tertiary/aromatic N) is 3. The minimum absolute atomic E-state index is 0.0872. The van der Waals surface area contributed by atoms with Crippen LogP contribution < -0.4 is 10.6 Å². The molecule has 0 bridgehead atoms. The average Bonchev–Trinajstić information content (AvgIpc) is 2.38. The Labute approximate surface area is 99.8 Å². The molecule has 1 aliphatic heterocycles. The van der Waals surface area contributed by atoms with E-state index in [-0.39, 0.29) is 11.9 Å². The molecule has 17 heavy (non-hydrogen) atoms. The maximum Gasteiger partial charge on any atom is 0.376 e. The molecule has 1 aromatic rings. The number of anilines is 1. The average molecular weight is 236 g/mol. The minimum atomic E-state index is -0.520. The molecule has 0 aliphatic carbocycles. The summed E-state index contributed by atoms with van der Waals surface area (Å²) in [7, 11) is 1.31. The quantitative estimate of drug-likeness (QED) is 0.738. The van der Waals surface area contributed by atoms with Crippen LogP contribution in [0, 0.1) is 0 Å². The van der Waals surface area contributed by atoms with Gasteiger partial charge in [-0.2, -0.15) is 0 Å². The lowest BCUT2D eigenvalue weighted by molar-refractivity contribution is 0.0587. The monoisotopic (exact) mass is 236 g/mol. The number of carbonyl (C=O) groups is 1. The fraction of sp³-hybridized carbons (Fsp3) is 0.545. The Morgan fingerprint density at radius 1 is 1.65 bits per heavy atom. The SMILES string of the molecule is COC(=O)c1nccc(N2CCCC(N)C2)n1. The van der Waals surface area contributed by atoms with Crippen LogP contribution in [0.25, 0.3) is 0 Å². The van der Waals surface area contributed by atoms with Crippen molar-refractivity contribution >= 4 is 11.8 Å². The third-order valence-corrected chi connectivity index (χ3v) is 2.79. The van der Waals surface area contributed by atoms with Crippen molar-refractivity contribution in [1.29, 1.82) is 0 Å². The molecule has 2 N–H and O–H groups in total. The zero-order valence-corrected chi connectivity index (χ0v) is 9.80. The molecule has 2 heterocycles. The highest BCUT2D eigenvalue weighted by Gasteiger charge is 2.19. The highest BCUT2D eigenvalue weighted by atomic mass is 16.5. The summed E-state index contributed by atoms with van der Waals surface area (Å²) in [5.74, 6) is 0.299. The van der Waals surface area contributed by atoms with E-state index in [1.807, 2.05) is 0 Å². The molecule has 0 aromatic carbocycles. The second kappa shape index (κ2) is 5.09. The smallest absolute Gasteiger partial charge is 0.376 e. The number of rotatable bonds is 2. The van der Waals surface area contributed by atoms with Crippen molar-refractivity contribution in [3.63, 3.8) is 0 Å². The molecule has 0 spiro atoms. The Balaban J connectivity index is 2.17. The summed E-state index contributed by atoms with van der Waals surface area (Å²) in [5.41, 5.74) is 5.91. The van der Waals surface area contributed by atoms with Gasteiger partial charge in [-0.15, -0.1) is 0 Å². The number of nitrogens with two attached hydrogens (primary N) is 1. The Bertz CT molecular complexity index is 410. The van der Waals surface area contributed by atoms with Crippen molar-refractivity contribution in [1.82, 2.24) is 9.97 Å². The van der Waals surface area contributed by atoms with Crippen LogP contribution in [0.3, 0.4) is 0 Å². The molecule has 0 saturated carbocycles. The number of hydrogen-bond acceptors (Lipinski definition) is 6. The van der Waals surface area contributed by atoms with Crippen LogP contribution in [0.2, 0.25) is 0 Å². The van der Waals surface area contributed by atoms with Gasteiger partial charge in [0.15, 0.2) is 0 Å². The predicted octanol–water partition coefficient (Wildman–Crippen LogP) is 0.191. The minimum Gasteiger partial charge on any atom is -0.463 e. The summed E-state index contributed by atoms with van der Waals surface area (Å²) in [4.78, 5) is 21.5. The molecular formula is C11H16N4O2. The van der Waals surface area contributed by atoms with Gasteiger partial charge in [0.25, 0.3) is 0 Å². The molecule has 1 fully saturated rings. The summed E-state index contributed by atoms with van der Waals surface area (Å²) in [6.45, 7) is 1.67. The lowest BCUT2D eigenvalue weighted by Crippen LogP contribution is -2.43. The molecule has 6 nitrogen and oxygen atoms in total. The first-order valence-electron chi connectivity index (χ1n) is 5.62. The second-order valence-electron chi connectivity index (χ2n) is 4.08. The fourth-order valence-electron chi connectivity index (χ4n) is 1.93.